The molecule has 0 aromatic heterocycles. The zero-order chi connectivity index (χ0) is 14.3. The lowest BCUT2D eigenvalue weighted by atomic mass is 10.0. The molecule has 0 radical (unpaired) electrons. The summed E-state index contributed by atoms with van der Waals surface area (Å²) in [5.74, 6) is -0.513. The van der Waals surface area contributed by atoms with Crippen molar-refractivity contribution >= 4 is 27.5 Å². The summed E-state index contributed by atoms with van der Waals surface area (Å²) < 4.78 is 0.742. The normalized spacial score (nSPS) is 17.6. The summed E-state index contributed by atoms with van der Waals surface area (Å²) >= 11 is 3.31. The maximum atomic E-state index is 12.1. The number of phenolic OH excluding ortho intramolecular Hbond substituents is 1. The third kappa shape index (κ3) is 2.03. The Morgan fingerprint density at radius 3 is 2.75 bits per heavy atom. The van der Waals surface area contributed by atoms with E-state index in [1.165, 1.54) is 6.07 Å². The molecule has 0 unspecified atom stereocenters. The molecule has 0 aliphatic carbocycles. The van der Waals surface area contributed by atoms with Gasteiger partial charge in [0.1, 0.15) is 5.75 Å². The van der Waals surface area contributed by atoms with E-state index in [2.05, 4.69) is 21.2 Å². The molecule has 0 spiro atoms. The fourth-order valence-electron chi connectivity index (χ4n) is 2.20. The van der Waals surface area contributed by atoms with Crippen molar-refractivity contribution in [2.24, 2.45) is 0 Å². The van der Waals surface area contributed by atoms with Gasteiger partial charge in [0.05, 0.1) is 5.56 Å². The quantitative estimate of drug-likeness (QED) is 0.700. The second-order valence-corrected chi connectivity index (χ2v) is 5.36. The summed E-state index contributed by atoms with van der Waals surface area (Å²) in [6.45, 7) is 0. The van der Waals surface area contributed by atoms with Crippen molar-refractivity contribution in [2.75, 3.05) is 5.32 Å². The van der Waals surface area contributed by atoms with Gasteiger partial charge in [0.15, 0.2) is 6.17 Å². The number of anilines is 1. The fourth-order valence-corrected chi connectivity index (χ4v) is 2.58. The van der Waals surface area contributed by atoms with Crippen LogP contribution in [0.5, 0.6) is 5.75 Å². The molecule has 1 amide bonds. The van der Waals surface area contributed by atoms with Crippen molar-refractivity contribution in [2.45, 2.75) is 6.17 Å². The van der Waals surface area contributed by atoms with Gasteiger partial charge in [-0.15, -0.1) is 0 Å². The highest BCUT2D eigenvalue weighted by atomic mass is 79.9. The second kappa shape index (κ2) is 4.81. The van der Waals surface area contributed by atoms with Gasteiger partial charge in [-0.05, 0) is 30.3 Å². The van der Waals surface area contributed by atoms with Crippen LogP contribution in [0.25, 0.3) is 0 Å². The molecule has 0 bridgehead atoms. The molecule has 20 heavy (non-hydrogen) atoms. The van der Waals surface area contributed by atoms with Gasteiger partial charge in [0.25, 0.3) is 5.91 Å². The fraction of sp³-hybridized carbons (Fsp3) is 0.0714. The first-order chi connectivity index (χ1) is 9.58. The molecule has 1 aliphatic heterocycles. The van der Waals surface area contributed by atoms with Crippen LogP contribution in [-0.2, 0) is 0 Å². The Bertz CT molecular complexity index is 690. The van der Waals surface area contributed by atoms with Crippen molar-refractivity contribution in [3.05, 3.63) is 58.1 Å². The predicted molar refractivity (Wildman–Crippen MR) is 76.6 cm³/mol. The predicted octanol–water partition coefficient (Wildman–Crippen LogP) is 3.11. The van der Waals surface area contributed by atoms with Gasteiger partial charge in [-0.25, -0.2) is 0 Å². The van der Waals surface area contributed by atoms with Gasteiger partial charge in [-0.1, -0.05) is 28.1 Å². The molecule has 0 fully saturated rings. The largest absolute Gasteiger partial charge is 0.508 e. The minimum absolute atomic E-state index is 0.00284. The number of carbonyl (C=O) groups is 1. The molecule has 3 N–H and O–H groups in total. The molecule has 5 nitrogen and oxygen atoms in total. The van der Waals surface area contributed by atoms with Crippen molar-refractivity contribution in [1.29, 1.82) is 0 Å². The van der Waals surface area contributed by atoms with Gasteiger partial charge in [0.2, 0.25) is 0 Å². The Kier molecular flexibility index (Phi) is 3.11. The molecule has 0 saturated carbocycles. The van der Waals surface area contributed by atoms with Crippen LogP contribution in [0.1, 0.15) is 22.1 Å². The number of nitrogens with one attached hydrogen (secondary N) is 1. The zero-order valence-corrected chi connectivity index (χ0v) is 11.8. The lowest BCUT2D eigenvalue weighted by Crippen LogP contribution is -2.40. The zero-order valence-electron chi connectivity index (χ0n) is 10.2. The number of hydrogen-bond acceptors (Lipinski definition) is 4. The Balaban J connectivity index is 2.08. The number of hydroxylamine groups is 2. The van der Waals surface area contributed by atoms with Crippen molar-refractivity contribution in [3.63, 3.8) is 0 Å². The number of carbonyl (C=O) groups excluding carboxylic acids is 1. The van der Waals surface area contributed by atoms with Crippen LogP contribution in [0, 0.1) is 0 Å². The highest BCUT2D eigenvalue weighted by molar-refractivity contribution is 9.10. The van der Waals surface area contributed by atoms with E-state index in [-0.39, 0.29) is 5.75 Å². The average molecular weight is 335 g/mol. The monoisotopic (exact) mass is 334 g/mol. The van der Waals surface area contributed by atoms with Gasteiger partial charge in [-0.2, -0.15) is 5.06 Å². The number of rotatable bonds is 1. The third-order valence-electron chi connectivity index (χ3n) is 3.19. The highest BCUT2D eigenvalue weighted by Crippen LogP contribution is 2.36. The molecule has 2 aromatic rings. The first-order valence-corrected chi connectivity index (χ1v) is 6.73. The minimum atomic E-state index is -0.838. The lowest BCUT2D eigenvalue weighted by molar-refractivity contribution is -0.0855. The summed E-state index contributed by atoms with van der Waals surface area (Å²) in [7, 11) is 0. The van der Waals surface area contributed by atoms with Crippen LogP contribution < -0.4 is 5.32 Å². The number of hydrogen-bond donors (Lipinski definition) is 3. The van der Waals surface area contributed by atoms with Crippen LogP contribution in [0.2, 0.25) is 0 Å². The van der Waals surface area contributed by atoms with Crippen molar-refractivity contribution < 1.29 is 15.1 Å². The minimum Gasteiger partial charge on any atom is -0.508 e. The number of amides is 1. The topological polar surface area (TPSA) is 72.8 Å². The van der Waals surface area contributed by atoms with Crippen molar-refractivity contribution in [1.82, 2.24) is 5.06 Å². The molecule has 102 valence electrons. The van der Waals surface area contributed by atoms with Crippen LogP contribution >= 0.6 is 15.9 Å². The molecule has 6 heteroatoms. The Labute approximate surface area is 123 Å². The SMILES string of the molecule is O=C1c2ccccc2N[C@H](c2cc(Br)ccc2O)N1O. The maximum absolute atomic E-state index is 12.1. The van der Waals surface area contributed by atoms with Gasteiger partial charge in [0, 0.05) is 15.7 Å². The number of aromatic hydroxyl groups is 1. The number of phenols is 1. The van der Waals surface area contributed by atoms with Gasteiger partial charge >= 0.3 is 0 Å². The molecule has 1 aliphatic rings. The van der Waals surface area contributed by atoms with Gasteiger partial charge in [-0.3, -0.25) is 10.0 Å². The number of halogens is 1. The second-order valence-electron chi connectivity index (χ2n) is 4.45. The number of nitrogens with zero attached hydrogens (tertiary/aromatic N) is 1. The third-order valence-corrected chi connectivity index (χ3v) is 3.68. The number of para-hydroxylation sites is 1. The molecule has 2 aromatic carbocycles. The van der Waals surface area contributed by atoms with Crippen LogP contribution in [0.4, 0.5) is 5.69 Å². The van der Waals surface area contributed by atoms with Crippen LogP contribution in [-0.4, -0.2) is 21.3 Å². The van der Waals surface area contributed by atoms with Crippen LogP contribution in [0.3, 0.4) is 0 Å². The molecular formula is C14H11BrN2O3. The van der Waals surface area contributed by atoms with E-state index in [9.17, 15) is 15.1 Å². The van der Waals surface area contributed by atoms with E-state index >= 15 is 0 Å². The molecule has 1 heterocycles. The first kappa shape index (κ1) is 13.0. The molecule has 0 saturated heterocycles. The number of benzene rings is 2. The highest BCUT2D eigenvalue weighted by Gasteiger charge is 2.33. The van der Waals surface area contributed by atoms with E-state index < -0.39 is 12.1 Å². The van der Waals surface area contributed by atoms with E-state index in [0.29, 0.717) is 21.9 Å². The maximum Gasteiger partial charge on any atom is 0.281 e. The van der Waals surface area contributed by atoms with E-state index in [1.807, 2.05) is 0 Å². The summed E-state index contributed by atoms with van der Waals surface area (Å²) in [6, 6.07) is 11.7. The smallest absolute Gasteiger partial charge is 0.281 e. The number of fused-ring (bicyclic) bond motifs is 1. The molecule has 3 rings (SSSR count). The van der Waals surface area contributed by atoms with E-state index in [1.54, 1.807) is 36.4 Å². The van der Waals surface area contributed by atoms with E-state index in [0.717, 1.165) is 4.47 Å². The van der Waals surface area contributed by atoms with Crippen molar-refractivity contribution in [3.8, 4) is 5.75 Å². The Morgan fingerprint density at radius 1 is 1.20 bits per heavy atom. The first-order valence-electron chi connectivity index (χ1n) is 5.94. The summed E-state index contributed by atoms with van der Waals surface area (Å²) in [5, 5.41) is 23.6. The summed E-state index contributed by atoms with van der Waals surface area (Å²) in [4.78, 5) is 12.1. The Hall–Kier alpha value is -2.05. The summed E-state index contributed by atoms with van der Waals surface area (Å²) in [5.41, 5.74) is 1.41. The van der Waals surface area contributed by atoms with Gasteiger partial charge < -0.3 is 10.4 Å². The molecule has 1 atom stereocenters. The average Bonchev–Trinajstić information content (AvgIpc) is 2.46. The van der Waals surface area contributed by atoms with E-state index in [4.69, 9.17) is 0 Å². The summed E-state index contributed by atoms with van der Waals surface area (Å²) in [6.07, 6.45) is -0.838. The molecular weight excluding hydrogens is 324 g/mol. The van der Waals surface area contributed by atoms with Crippen LogP contribution in [0.15, 0.2) is 46.9 Å². The standard InChI is InChI=1S/C14H11BrN2O3/c15-8-5-6-12(18)10(7-8)13-16-11-4-2-1-3-9(11)14(19)17(13)20/h1-7,13,16,18,20H/t13-/m0/s1. The Morgan fingerprint density at radius 2 is 1.95 bits per heavy atom. The lowest BCUT2D eigenvalue weighted by Gasteiger charge is -2.33.